The van der Waals surface area contributed by atoms with Crippen LogP contribution in [0.25, 0.3) is 6.08 Å². The SMILES string of the molecule is COC(=O)c1c(C)[nH]c(C(=O)/C=C/c2ccc(OCc3ccccc3)cc2)c1C. The van der Waals surface area contributed by atoms with Gasteiger partial charge >= 0.3 is 5.97 Å². The zero-order valence-corrected chi connectivity index (χ0v) is 16.7. The maximum absolute atomic E-state index is 12.5. The number of methoxy groups -OCH3 is 1. The molecular formula is C24H23NO4. The third-order valence-electron chi connectivity index (χ3n) is 4.63. The Labute approximate surface area is 170 Å². The highest BCUT2D eigenvalue weighted by atomic mass is 16.5. The van der Waals surface area contributed by atoms with E-state index in [-0.39, 0.29) is 5.78 Å². The number of hydrogen-bond donors (Lipinski definition) is 1. The van der Waals surface area contributed by atoms with Crippen molar-refractivity contribution in [3.05, 3.63) is 94.3 Å². The fraction of sp³-hybridized carbons (Fsp3) is 0.167. The lowest BCUT2D eigenvalue weighted by atomic mass is 10.1. The zero-order valence-electron chi connectivity index (χ0n) is 16.7. The van der Waals surface area contributed by atoms with Gasteiger partial charge in [-0.2, -0.15) is 0 Å². The Kier molecular flexibility index (Phi) is 6.29. The van der Waals surface area contributed by atoms with Gasteiger partial charge in [-0.15, -0.1) is 0 Å². The predicted molar refractivity (Wildman–Crippen MR) is 112 cm³/mol. The van der Waals surface area contributed by atoms with Crippen LogP contribution in [0.15, 0.2) is 60.7 Å². The van der Waals surface area contributed by atoms with Crippen molar-refractivity contribution in [2.24, 2.45) is 0 Å². The molecule has 0 aliphatic heterocycles. The summed E-state index contributed by atoms with van der Waals surface area (Å²) in [5.41, 5.74) is 3.98. The van der Waals surface area contributed by atoms with Crippen LogP contribution in [0.4, 0.5) is 0 Å². The second-order valence-electron chi connectivity index (χ2n) is 6.66. The molecule has 0 amide bonds. The van der Waals surface area contributed by atoms with Crippen molar-refractivity contribution in [2.45, 2.75) is 20.5 Å². The summed E-state index contributed by atoms with van der Waals surface area (Å²) in [5.74, 6) is 0.103. The normalized spacial score (nSPS) is 10.9. The first-order valence-corrected chi connectivity index (χ1v) is 9.26. The third-order valence-corrected chi connectivity index (χ3v) is 4.63. The van der Waals surface area contributed by atoms with Gasteiger partial charge in [0.1, 0.15) is 12.4 Å². The first-order valence-electron chi connectivity index (χ1n) is 9.26. The monoisotopic (exact) mass is 389 g/mol. The number of allylic oxidation sites excluding steroid dienone is 1. The number of aromatic nitrogens is 1. The number of esters is 1. The van der Waals surface area contributed by atoms with Crippen LogP contribution in [-0.4, -0.2) is 23.8 Å². The zero-order chi connectivity index (χ0) is 20.8. The van der Waals surface area contributed by atoms with Crippen LogP contribution in [0.3, 0.4) is 0 Å². The summed E-state index contributed by atoms with van der Waals surface area (Å²) in [4.78, 5) is 27.4. The number of carbonyl (C=O) groups excluding carboxylic acids is 2. The molecule has 3 aromatic rings. The van der Waals surface area contributed by atoms with Crippen LogP contribution in [0, 0.1) is 13.8 Å². The van der Waals surface area contributed by atoms with Crippen molar-refractivity contribution in [3.8, 4) is 5.75 Å². The number of nitrogens with one attached hydrogen (secondary N) is 1. The van der Waals surface area contributed by atoms with Crippen molar-refractivity contribution in [3.63, 3.8) is 0 Å². The van der Waals surface area contributed by atoms with E-state index in [2.05, 4.69) is 4.98 Å². The lowest BCUT2D eigenvalue weighted by molar-refractivity contribution is 0.0599. The number of rotatable bonds is 7. The van der Waals surface area contributed by atoms with E-state index >= 15 is 0 Å². The van der Waals surface area contributed by atoms with Gasteiger partial charge in [0.2, 0.25) is 5.78 Å². The Morgan fingerprint density at radius 1 is 1.00 bits per heavy atom. The van der Waals surface area contributed by atoms with E-state index in [0.29, 0.717) is 29.1 Å². The van der Waals surface area contributed by atoms with Gasteiger partial charge < -0.3 is 14.5 Å². The smallest absolute Gasteiger partial charge is 0.339 e. The Morgan fingerprint density at radius 2 is 1.69 bits per heavy atom. The molecule has 148 valence electrons. The maximum Gasteiger partial charge on any atom is 0.339 e. The number of ether oxygens (including phenoxy) is 2. The molecule has 0 bridgehead atoms. The molecule has 29 heavy (non-hydrogen) atoms. The van der Waals surface area contributed by atoms with E-state index in [0.717, 1.165) is 16.9 Å². The Bertz CT molecular complexity index is 1030. The van der Waals surface area contributed by atoms with Gasteiger partial charge in [-0.3, -0.25) is 4.79 Å². The summed E-state index contributed by atoms with van der Waals surface area (Å²) in [6.45, 7) is 3.98. The fourth-order valence-corrected chi connectivity index (χ4v) is 3.08. The lowest BCUT2D eigenvalue weighted by Crippen LogP contribution is -2.04. The average Bonchev–Trinajstić information content (AvgIpc) is 3.05. The van der Waals surface area contributed by atoms with Crippen molar-refractivity contribution in [1.29, 1.82) is 0 Å². The van der Waals surface area contributed by atoms with Gasteiger partial charge in [-0.1, -0.05) is 48.5 Å². The predicted octanol–water partition coefficient (Wildman–Crippen LogP) is 4.89. The molecule has 0 fully saturated rings. The molecule has 5 nitrogen and oxygen atoms in total. The standard InChI is InChI=1S/C24H23NO4/c1-16-22(24(27)28-3)17(2)25-23(16)21(26)14-11-18-9-12-20(13-10-18)29-15-19-7-5-4-6-8-19/h4-14,25H,15H2,1-3H3/b14-11+. The fourth-order valence-electron chi connectivity index (χ4n) is 3.08. The van der Waals surface area contributed by atoms with Crippen molar-refractivity contribution >= 4 is 17.8 Å². The molecule has 0 spiro atoms. The maximum atomic E-state index is 12.5. The highest BCUT2D eigenvalue weighted by molar-refractivity contribution is 6.08. The molecule has 0 atom stereocenters. The molecule has 1 N–H and O–H groups in total. The Hall–Kier alpha value is -3.60. The van der Waals surface area contributed by atoms with Gasteiger partial charge in [-0.25, -0.2) is 4.79 Å². The highest BCUT2D eigenvalue weighted by Gasteiger charge is 2.21. The minimum absolute atomic E-state index is 0.204. The van der Waals surface area contributed by atoms with Crippen molar-refractivity contribution in [2.75, 3.05) is 7.11 Å². The Morgan fingerprint density at radius 3 is 2.34 bits per heavy atom. The number of hydrogen-bond acceptors (Lipinski definition) is 4. The minimum atomic E-state index is -0.453. The van der Waals surface area contributed by atoms with Gasteiger partial charge in [0.15, 0.2) is 0 Å². The average molecular weight is 389 g/mol. The number of aromatic amines is 1. The molecule has 1 aromatic heterocycles. The summed E-state index contributed by atoms with van der Waals surface area (Å²) in [6.07, 6.45) is 3.22. The molecular weight excluding hydrogens is 366 g/mol. The van der Waals surface area contributed by atoms with Gasteiger partial charge in [-0.05, 0) is 48.7 Å². The molecule has 0 saturated carbocycles. The topological polar surface area (TPSA) is 68.4 Å². The number of aryl methyl sites for hydroxylation is 1. The second kappa shape index (κ2) is 9.06. The first kappa shape index (κ1) is 20.1. The Balaban J connectivity index is 1.65. The summed E-state index contributed by atoms with van der Waals surface area (Å²) >= 11 is 0. The van der Waals surface area contributed by atoms with Crippen LogP contribution < -0.4 is 4.74 Å². The van der Waals surface area contributed by atoms with E-state index in [9.17, 15) is 9.59 Å². The van der Waals surface area contributed by atoms with Crippen molar-refractivity contribution < 1.29 is 19.1 Å². The third kappa shape index (κ3) is 4.82. The molecule has 3 rings (SSSR count). The van der Waals surface area contributed by atoms with E-state index in [4.69, 9.17) is 9.47 Å². The van der Waals surface area contributed by atoms with Crippen molar-refractivity contribution in [1.82, 2.24) is 4.98 Å². The van der Waals surface area contributed by atoms with Crippen LogP contribution in [-0.2, 0) is 11.3 Å². The number of H-pyrrole nitrogens is 1. The van der Waals surface area contributed by atoms with Gasteiger partial charge in [0.05, 0.1) is 18.4 Å². The molecule has 0 aliphatic carbocycles. The van der Waals surface area contributed by atoms with Gasteiger partial charge in [0, 0.05) is 5.69 Å². The summed E-state index contributed by atoms with van der Waals surface area (Å²) < 4.78 is 10.5. The summed E-state index contributed by atoms with van der Waals surface area (Å²) in [5, 5.41) is 0. The largest absolute Gasteiger partial charge is 0.489 e. The molecule has 0 aliphatic rings. The minimum Gasteiger partial charge on any atom is -0.489 e. The van der Waals surface area contributed by atoms with Gasteiger partial charge in [0.25, 0.3) is 0 Å². The van der Waals surface area contributed by atoms with E-state index in [1.54, 1.807) is 19.9 Å². The van der Waals surface area contributed by atoms with E-state index in [1.165, 1.54) is 13.2 Å². The number of benzene rings is 2. The summed E-state index contributed by atoms with van der Waals surface area (Å²) in [7, 11) is 1.32. The molecule has 2 aromatic carbocycles. The van der Waals surface area contributed by atoms with E-state index < -0.39 is 5.97 Å². The van der Waals surface area contributed by atoms with Crippen LogP contribution >= 0.6 is 0 Å². The molecule has 1 heterocycles. The first-order chi connectivity index (χ1) is 14.0. The quantitative estimate of drug-likeness (QED) is 0.355. The molecule has 0 radical (unpaired) electrons. The lowest BCUT2D eigenvalue weighted by Gasteiger charge is -2.06. The summed E-state index contributed by atoms with van der Waals surface area (Å²) in [6, 6.07) is 17.5. The highest BCUT2D eigenvalue weighted by Crippen LogP contribution is 2.20. The van der Waals surface area contributed by atoms with E-state index in [1.807, 2.05) is 54.6 Å². The van der Waals surface area contributed by atoms with Crippen LogP contribution in [0.1, 0.15) is 43.2 Å². The van der Waals surface area contributed by atoms with Crippen LogP contribution in [0.5, 0.6) is 5.75 Å². The molecule has 0 unspecified atom stereocenters. The molecule has 5 heteroatoms. The van der Waals surface area contributed by atoms with Crippen LogP contribution in [0.2, 0.25) is 0 Å². The second-order valence-corrected chi connectivity index (χ2v) is 6.66. The number of carbonyl (C=O) groups is 2. The molecule has 0 saturated heterocycles. The number of ketones is 1.